The van der Waals surface area contributed by atoms with Crippen LogP contribution in [0.5, 0.6) is 5.75 Å². The number of aliphatic hydroxyl groups excluding tert-OH is 1. The number of alkyl halides is 3. The third-order valence-corrected chi connectivity index (χ3v) is 4.06. The Bertz CT molecular complexity index is 642. The third kappa shape index (κ3) is 4.47. The van der Waals surface area contributed by atoms with Gasteiger partial charge in [0.1, 0.15) is 18.5 Å². The van der Waals surface area contributed by atoms with Gasteiger partial charge >= 0.3 is 6.18 Å². The number of rotatable bonds is 4. The van der Waals surface area contributed by atoms with E-state index in [1.165, 1.54) is 12.1 Å². The van der Waals surface area contributed by atoms with Gasteiger partial charge < -0.3 is 9.84 Å². The van der Waals surface area contributed by atoms with E-state index in [4.69, 9.17) is 4.74 Å². The summed E-state index contributed by atoms with van der Waals surface area (Å²) in [5, 5.41) is 10.0. The van der Waals surface area contributed by atoms with Gasteiger partial charge in [0.2, 0.25) is 0 Å². The highest BCUT2D eigenvalue weighted by molar-refractivity contribution is 9.11. The van der Waals surface area contributed by atoms with Gasteiger partial charge in [-0.2, -0.15) is 13.2 Å². The Morgan fingerprint density at radius 1 is 1.05 bits per heavy atom. The second-order valence-electron chi connectivity index (χ2n) is 4.52. The molecule has 0 saturated heterocycles. The SMILES string of the molecule is OC(COc1cc(Br)ccc1Br)c1ccc(C(F)(F)F)cc1. The maximum Gasteiger partial charge on any atom is 0.416 e. The minimum atomic E-state index is -4.39. The lowest BCUT2D eigenvalue weighted by atomic mass is 10.1. The van der Waals surface area contributed by atoms with Crippen molar-refractivity contribution in [3.8, 4) is 5.75 Å². The van der Waals surface area contributed by atoms with Crippen LogP contribution in [0.4, 0.5) is 13.2 Å². The van der Waals surface area contributed by atoms with Crippen molar-refractivity contribution in [3.63, 3.8) is 0 Å². The Labute approximate surface area is 142 Å². The second kappa shape index (κ2) is 7.02. The lowest BCUT2D eigenvalue weighted by molar-refractivity contribution is -0.137. The summed E-state index contributed by atoms with van der Waals surface area (Å²) in [5.74, 6) is 0.528. The second-order valence-corrected chi connectivity index (χ2v) is 6.29. The number of hydrogen-bond donors (Lipinski definition) is 1. The molecule has 0 aliphatic rings. The molecule has 2 aromatic carbocycles. The molecule has 0 aromatic heterocycles. The molecule has 1 N–H and O–H groups in total. The van der Waals surface area contributed by atoms with E-state index in [1.807, 2.05) is 6.07 Å². The Kier molecular flexibility index (Phi) is 5.52. The summed E-state index contributed by atoms with van der Waals surface area (Å²) < 4.78 is 44.4. The summed E-state index contributed by atoms with van der Waals surface area (Å²) in [6.07, 6.45) is -5.41. The Morgan fingerprint density at radius 3 is 2.27 bits per heavy atom. The van der Waals surface area contributed by atoms with Crippen LogP contribution >= 0.6 is 31.9 Å². The average Bonchev–Trinajstić information content (AvgIpc) is 2.47. The van der Waals surface area contributed by atoms with E-state index in [0.717, 1.165) is 21.1 Å². The molecule has 2 nitrogen and oxygen atoms in total. The summed E-state index contributed by atoms with van der Waals surface area (Å²) in [5.41, 5.74) is -0.391. The zero-order valence-electron chi connectivity index (χ0n) is 11.1. The molecule has 0 fully saturated rings. The fourth-order valence-electron chi connectivity index (χ4n) is 1.75. The lowest BCUT2D eigenvalue weighted by Crippen LogP contribution is -2.11. The molecule has 0 radical (unpaired) electrons. The molecule has 0 aliphatic heterocycles. The van der Waals surface area contributed by atoms with Crippen LogP contribution in [0.15, 0.2) is 51.4 Å². The van der Waals surface area contributed by atoms with Crippen molar-refractivity contribution in [3.05, 3.63) is 62.5 Å². The van der Waals surface area contributed by atoms with Crippen LogP contribution in [0.25, 0.3) is 0 Å². The van der Waals surface area contributed by atoms with Crippen LogP contribution in [-0.2, 0) is 6.18 Å². The Hall–Kier alpha value is -1.05. The van der Waals surface area contributed by atoms with Crippen molar-refractivity contribution in [1.29, 1.82) is 0 Å². The summed E-state index contributed by atoms with van der Waals surface area (Å²) in [6, 6.07) is 9.69. The van der Waals surface area contributed by atoms with Gasteiger partial charge in [0.05, 0.1) is 10.0 Å². The van der Waals surface area contributed by atoms with Gasteiger partial charge in [-0.15, -0.1) is 0 Å². The van der Waals surface area contributed by atoms with Crippen LogP contribution < -0.4 is 4.74 Å². The smallest absolute Gasteiger partial charge is 0.416 e. The first-order valence-electron chi connectivity index (χ1n) is 6.20. The van der Waals surface area contributed by atoms with Gasteiger partial charge in [-0.05, 0) is 51.8 Å². The minimum Gasteiger partial charge on any atom is -0.489 e. The van der Waals surface area contributed by atoms with Crippen molar-refractivity contribution in [2.24, 2.45) is 0 Å². The summed E-state index contributed by atoms with van der Waals surface area (Å²) in [4.78, 5) is 0. The van der Waals surface area contributed by atoms with Crippen LogP contribution in [0, 0.1) is 0 Å². The zero-order valence-corrected chi connectivity index (χ0v) is 14.2. The van der Waals surface area contributed by atoms with Gasteiger partial charge in [0, 0.05) is 4.47 Å². The Balaban J connectivity index is 2.03. The maximum atomic E-state index is 12.5. The number of benzene rings is 2. The molecule has 0 spiro atoms. The van der Waals surface area contributed by atoms with E-state index in [-0.39, 0.29) is 6.61 Å². The standard InChI is InChI=1S/C15H11Br2F3O2/c16-11-5-6-12(17)14(7-11)22-8-13(21)9-1-3-10(4-2-9)15(18,19)20/h1-7,13,21H,8H2. The predicted molar refractivity (Wildman–Crippen MR) is 83.7 cm³/mol. The number of ether oxygens (including phenoxy) is 1. The fourth-order valence-corrected chi connectivity index (χ4v) is 2.45. The highest BCUT2D eigenvalue weighted by Gasteiger charge is 2.30. The van der Waals surface area contributed by atoms with Gasteiger partial charge in [-0.1, -0.05) is 28.1 Å². The van der Waals surface area contributed by atoms with E-state index in [2.05, 4.69) is 31.9 Å². The molecule has 0 bridgehead atoms. The van der Waals surface area contributed by atoms with Crippen molar-refractivity contribution in [2.45, 2.75) is 12.3 Å². The normalized spacial score (nSPS) is 13.0. The molecule has 0 saturated carbocycles. The van der Waals surface area contributed by atoms with Crippen LogP contribution in [0.2, 0.25) is 0 Å². The minimum absolute atomic E-state index is 0.0690. The van der Waals surface area contributed by atoms with E-state index in [1.54, 1.807) is 12.1 Å². The molecular weight excluding hydrogens is 429 g/mol. The lowest BCUT2D eigenvalue weighted by Gasteiger charge is -2.15. The maximum absolute atomic E-state index is 12.5. The van der Waals surface area contributed by atoms with Gasteiger partial charge in [0.25, 0.3) is 0 Å². The van der Waals surface area contributed by atoms with E-state index < -0.39 is 17.8 Å². The molecule has 0 amide bonds. The molecule has 2 rings (SSSR count). The molecule has 1 atom stereocenters. The monoisotopic (exact) mass is 438 g/mol. The average molecular weight is 440 g/mol. The predicted octanol–water partition coefficient (Wildman–Crippen LogP) is 5.34. The first-order chi connectivity index (χ1) is 10.3. The largest absolute Gasteiger partial charge is 0.489 e. The molecule has 7 heteroatoms. The van der Waals surface area contributed by atoms with Crippen LogP contribution in [-0.4, -0.2) is 11.7 Å². The fraction of sp³-hybridized carbons (Fsp3) is 0.200. The molecule has 0 heterocycles. The first-order valence-corrected chi connectivity index (χ1v) is 7.79. The molecular formula is C15H11Br2F3O2. The topological polar surface area (TPSA) is 29.5 Å². The van der Waals surface area contributed by atoms with E-state index in [9.17, 15) is 18.3 Å². The molecule has 118 valence electrons. The summed E-state index contributed by atoms with van der Waals surface area (Å²) in [6.45, 7) is -0.0690. The summed E-state index contributed by atoms with van der Waals surface area (Å²) >= 11 is 6.62. The number of aliphatic hydroxyl groups is 1. The van der Waals surface area contributed by atoms with Crippen molar-refractivity contribution in [2.75, 3.05) is 6.61 Å². The van der Waals surface area contributed by atoms with Crippen molar-refractivity contribution in [1.82, 2.24) is 0 Å². The zero-order chi connectivity index (χ0) is 16.3. The highest BCUT2D eigenvalue weighted by Crippen LogP contribution is 2.31. The van der Waals surface area contributed by atoms with E-state index in [0.29, 0.717) is 11.3 Å². The number of hydrogen-bond acceptors (Lipinski definition) is 2. The first kappa shape index (κ1) is 17.3. The van der Waals surface area contributed by atoms with Crippen molar-refractivity contribution < 1.29 is 23.0 Å². The van der Waals surface area contributed by atoms with Crippen LogP contribution in [0.1, 0.15) is 17.2 Å². The van der Waals surface area contributed by atoms with Gasteiger partial charge in [-0.3, -0.25) is 0 Å². The quantitative estimate of drug-likeness (QED) is 0.696. The summed E-state index contributed by atoms with van der Waals surface area (Å²) in [7, 11) is 0. The number of halogens is 5. The van der Waals surface area contributed by atoms with Gasteiger partial charge in [-0.25, -0.2) is 0 Å². The third-order valence-electron chi connectivity index (χ3n) is 2.91. The molecule has 1 unspecified atom stereocenters. The molecule has 22 heavy (non-hydrogen) atoms. The molecule has 2 aromatic rings. The van der Waals surface area contributed by atoms with Crippen LogP contribution in [0.3, 0.4) is 0 Å². The molecule has 0 aliphatic carbocycles. The van der Waals surface area contributed by atoms with Gasteiger partial charge in [0.15, 0.2) is 0 Å². The highest BCUT2D eigenvalue weighted by atomic mass is 79.9. The van der Waals surface area contributed by atoms with Crippen molar-refractivity contribution >= 4 is 31.9 Å². The van der Waals surface area contributed by atoms with E-state index >= 15 is 0 Å². The Morgan fingerprint density at radius 2 is 1.68 bits per heavy atom.